The molecule has 1 N–H and O–H groups in total. The van der Waals surface area contributed by atoms with E-state index in [0.717, 1.165) is 10.4 Å². The highest BCUT2D eigenvalue weighted by Gasteiger charge is 2.19. The van der Waals surface area contributed by atoms with Crippen molar-refractivity contribution in [1.29, 1.82) is 0 Å². The van der Waals surface area contributed by atoms with Gasteiger partial charge < -0.3 is 9.64 Å². The minimum Gasteiger partial charge on any atom is -0.377 e. The van der Waals surface area contributed by atoms with Crippen molar-refractivity contribution < 1.29 is 9.53 Å². The number of carbonyl (C=O) groups is 1. The summed E-state index contributed by atoms with van der Waals surface area (Å²) in [5, 5.41) is 12.2. The molecule has 3 aromatic heterocycles. The fraction of sp³-hybridized carbons (Fsp3) is 0.471. The monoisotopic (exact) mass is 422 g/mol. The molecule has 0 aliphatic rings. The number of amides is 1. The van der Waals surface area contributed by atoms with Crippen LogP contribution in [-0.2, 0) is 29.2 Å². The number of anilines is 1. The average molecular weight is 423 g/mol. The third kappa shape index (κ3) is 4.27. The predicted octanol–water partition coefficient (Wildman–Crippen LogP) is 1.77. The molecule has 11 heteroatoms. The summed E-state index contributed by atoms with van der Waals surface area (Å²) in [6.45, 7) is 4.52. The molecule has 28 heavy (non-hydrogen) atoms. The lowest BCUT2D eigenvalue weighted by atomic mass is 10.2. The minimum absolute atomic E-state index is 0.140. The highest BCUT2D eigenvalue weighted by atomic mass is 32.1. The zero-order valence-corrected chi connectivity index (χ0v) is 18.0. The van der Waals surface area contributed by atoms with Crippen LogP contribution in [0.5, 0.6) is 0 Å². The maximum absolute atomic E-state index is 13.1. The molecule has 0 bridgehead atoms. The molecule has 0 atom stereocenters. The molecule has 3 aromatic rings. The van der Waals surface area contributed by atoms with Gasteiger partial charge in [0.15, 0.2) is 0 Å². The van der Waals surface area contributed by atoms with E-state index in [9.17, 15) is 9.59 Å². The molecule has 0 spiro atoms. The van der Waals surface area contributed by atoms with E-state index in [0.29, 0.717) is 39.3 Å². The van der Waals surface area contributed by atoms with E-state index in [4.69, 9.17) is 4.74 Å². The van der Waals surface area contributed by atoms with E-state index in [1.165, 1.54) is 27.2 Å². The number of aryl methyl sites for hydroxylation is 2. The Morgan fingerprint density at radius 3 is 2.68 bits per heavy atom. The molecule has 0 aliphatic carbocycles. The molecule has 0 radical (unpaired) electrons. The van der Waals surface area contributed by atoms with E-state index >= 15 is 0 Å². The summed E-state index contributed by atoms with van der Waals surface area (Å²) in [5.41, 5.74) is 0.715. The van der Waals surface area contributed by atoms with Gasteiger partial charge in [-0.05, 0) is 33.5 Å². The van der Waals surface area contributed by atoms with Gasteiger partial charge in [-0.1, -0.05) is 11.3 Å². The number of hydrogen-bond acceptors (Lipinski definition) is 9. The smallest absolute Gasteiger partial charge is 0.263 e. The number of fused-ring (bicyclic) bond motifs is 1. The molecule has 0 aliphatic heterocycles. The van der Waals surface area contributed by atoms with Crippen LogP contribution in [0.3, 0.4) is 0 Å². The summed E-state index contributed by atoms with van der Waals surface area (Å²) in [5.74, 6) is 0.198. The van der Waals surface area contributed by atoms with Crippen molar-refractivity contribution >= 4 is 43.9 Å². The molecule has 9 nitrogen and oxygen atoms in total. The number of rotatable bonds is 7. The summed E-state index contributed by atoms with van der Waals surface area (Å²) in [4.78, 5) is 34.0. The van der Waals surface area contributed by atoms with Crippen molar-refractivity contribution in [3.63, 3.8) is 0 Å². The number of methoxy groups -OCH3 is 1. The van der Waals surface area contributed by atoms with Crippen LogP contribution < -0.4 is 10.9 Å². The van der Waals surface area contributed by atoms with Crippen LogP contribution in [0.15, 0.2) is 4.79 Å². The van der Waals surface area contributed by atoms with Crippen LogP contribution in [0, 0.1) is 13.8 Å². The Morgan fingerprint density at radius 1 is 1.25 bits per heavy atom. The van der Waals surface area contributed by atoms with Crippen molar-refractivity contribution in [1.82, 2.24) is 24.6 Å². The van der Waals surface area contributed by atoms with Crippen LogP contribution in [0.2, 0.25) is 0 Å². The lowest BCUT2D eigenvalue weighted by Crippen LogP contribution is -2.32. The second kappa shape index (κ2) is 8.43. The second-order valence-electron chi connectivity index (χ2n) is 6.60. The van der Waals surface area contributed by atoms with Crippen LogP contribution in [0.1, 0.15) is 21.3 Å². The number of nitrogens with zero attached hydrogens (tertiary/aromatic N) is 5. The molecule has 3 rings (SSSR count). The van der Waals surface area contributed by atoms with Gasteiger partial charge in [0.05, 0.1) is 11.9 Å². The first kappa shape index (κ1) is 20.5. The molecule has 0 fully saturated rings. The maximum Gasteiger partial charge on any atom is 0.263 e. The number of ether oxygens (including phenoxy) is 1. The molecule has 0 saturated heterocycles. The standard InChI is InChI=1S/C17H22N6O3S2/c1-9-10(2)27-15-14(9)16(25)23(11(18-15)6-22(3)4)7-12(24)19-17-21-20-13(28-17)8-26-5/h6-8H2,1-5H3,(H,19,21,24). The number of carbonyl (C=O) groups excluding carboxylic acids is 1. The Kier molecular flexibility index (Phi) is 6.18. The van der Waals surface area contributed by atoms with E-state index < -0.39 is 0 Å². The van der Waals surface area contributed by atoms with Gasteiger partial charge in [0.1, 0.15) is 28.8 Å². The summed E-state index contributed by atoms with van der Waals surface area (Å²) < 4.78 is 6.44. The lowest BCUT2D eigenvalue weighted by molar-refractivity contribution is -0.116. The van der Waals surface area contributed by atoms with Crippen LogP contribution >= 0.6 is 22.7 Å². The second-order valence-corrected chi connectivity index (χ2v) is 8.87. The predicted molar refractivity (Wildman–Crippen MR) is 110 cm³/mol. The van der Waals surface area contributed by atoms with Crippen molar-refractivity contribution in [2.24, 2.45) is 0 Å². The quantitative estimate of drug-likeness (QED) is 0.619. The summed E-state index contributed by atoms with van der Waals surface area (Å²) in [6, 6.07) is 0. The first-order chi connectivity index (χ1) is 13.3. The van der Waals surface area contributed by atoms with Crippen LogP contribution in [0.25, 0.3) is 10.2 Å². The third-order valence-electron chi connectivity index (χ3n) is 4.11. The zero-order valence-electron chi connectivity index (χ0n) is 16.4. The van der Waals surface area contributed by atoms with Crippen LogP contribution in [-0.4, -0.2) is 51.8 Å². The number of thiophene rings is 1. The molecular formula is C17H22N6O3S2. The summed E-state index contributed by atoms with van der Waals surface area (Å²) >= 11 is 2.73. The Balaban J connectivity index is 1.93. The van der Waals surface area contributed by atoms with E-state index in [1.54, 1.807) is 7.11 Å². The van der Waals surface area contributed by atoms with Gasteiger partial charge in [0, 0.05) is 12.0 Å². The first-order valence-corrected chi connectivity index (χ1v) is 10.2. The minimum atomic E-state index is -0.354. The third-order valence-corrected chi connectivity index (χ3v) is 6.02. The van der Waals surface area contributed by atoms with Crippen LogP contribution in [0.4, 0.5) is 5.13 Å². The lowest BCUT2D eigenvalue weighted by Gasteiger charge is -2.15. The molecule has 3 heterocycles. The van der Waals surface area contributed by atoms with Gasteiger partial charge in [-0.25, -0.2) is 4.98 Å². The Bertz CT molecular complexity index is 1070. The van der Waals surface area contributed by atoms with Gasteiger partial charge in [-0.3, -0.25) is 19.5 Å². The fourth-order valence-electron chi connectivity index (χ4n) is 2.72. The van der Waals surface area contributed by atoms with Crippen molar-refractivity contribution in [3.05, 3.63) is 31.6 Å². The summed E-state index contributed by atoms with van der Waals surface area (Å²) in [7, 11) is 5.35. The Labute approximate surface area is 170 Å². The number of aromatic nitrogens is 4. The van der Waals surface area contributed by atoms with Gasteiger partial charge in [0.2, 0.25) is 11.0 Å². The largest absolute Gasteiger partial charge is 0.377 e. The molecular weight excluding hydrogens is 400 g/mol. The molecule has 150 valence electrons. The Hall–Kier alpha value is -2.21. The van der Waals surface area contributed by atoms with Crippen molar-refractivity contribution in [2.75, 3.05) is 26.5 Å². The van der Waals surface area contributed by atoms with Gasteiger partial charge in [-0.2, -0.15) is 0 Å². The topological polar surface area (TPSA) is 102 Å². The van der Waals surface area contributed by atoms with Gasteiger partial charge in [-0.15, -0.1) is 21.5 Å². The van der Waals surface area contributed by atoms with E-state index in [1.807, 2.05) is 32.8 Å². The zero-order chi connectivity index (χ0) is 20.4. The van der Waals surface area contributed by atoms with E-state index in [2.05, 4.69) is 20.5 Å². The van der Waals surface area contributed by atoms with Gasteiger partial charge >= 0.3 is 0 Å². The maximum atomic E-state index is 13.1. The normalized spacial score (nSPS) is 11.5. The summed E-state index contributed by atoms with van der Waals surface area (Å²) in [6.07, 6.45) is 0. The average Bonchev–Trinajstić information content (AvgIpc) is 3.15. The van der Waals surface area contributed by atoms with Crippen molar-refractivity contribution in [2.45, 2.75) is 33.5 Å². The van der Waals surface area contributed by atoms with E-state index in [-0.39, 0.29) is 18.0 Å². The first-order valence-electron chi connectivity index (χ1n) is 8.55. The SMILES string of the molecule is COCc1nnc(NC(=O)Cn2c(CN(C)C)nc3sc(C)c(C)c3c2=O)s1. The molecule has 0 saturated carbocycles. The molecule has 1 amide bonds. The Morgan fingerprint density at radius 2 is 2.00 bits per heavy atom. The molecule has 0 unspecified atom stereocenters. The molecule has 0 aromatic carbocycles. The number of hydrogen-bond donors (Lipinski definition) is 1. The highest BCUT2D eigenvalue weighted by molar-refractivity contribution is 7.18. The highest BCUT2D eigenvalue weighted by Crippen LogP contribution is 2.26. The van der Waals surface area contributed by atoms with Gasteiger partial charge in [0.25, 0.3) is 5.56 Å². The fourth-order valence-corrected chi connectivity index (χ4v) is 4.49. The van der Waals surface area contributed by atoms with Crippen molar-refractivity contribution in [3.8, 4) is 0 Å². The number of nitrogens with one attached hydrogen (secondary N) is 1.